The number of aliphatic carboxylic acids is 1. The van der Waals surface area contributed by atoms with Gasteiger partial charge in [0.1, 0.15) is 5.75 Å². The minimum Gasteiger partial charge on any atom is -0.497 e. The van der Waals surface area contributed by atoms with Gasteiger partial charge in [-0.1, -0.05) is 12.1 Å². The molecule has 0 atom stereocenters. The van der Waals surface area contributed by atoms with Gasteiger partial charge in [-0.25, -0.2) is 4.79 Å². The van der Waals surface area contributed by atoms with Crippen molar-refractivity contribution in [2.45, 2.75) is 20.3 Å². The summed E-state index contributed by atoms with van der Waals surface area (Å²) in [6.07, 6.45) is 1.60. The fraction of sp³-hybridized carbons (Fsp3) is 0.160. The maximum atomic E-state index is 12.8. The van der Waals surface area contributed by atoms with Crippen LogP contribution in [-0.4, -0.2) is 35.1 Å². The number of H-pyrrole nitrogens is 1. The van der Waals surface area contributed by atoms with E-state index < -0.39 is 12.0 Å². The number of carbonyl (C=O) groups excluding carboxylic acids is 2. The molecule has 174 valence electrons. The molecule has 0 saturated carbocycles. The number of aromatic amines is 1. The van der Waals surface area contributed by atoms with Crippen molar-refractivity contribution in [3.8, 4) is 5.75 Å². The Balaban J connectivity index is 1.59. The second-order valence-corrected chi connectivity index (χ2v) is 7.89. The Morgan fingerprint density at radius 1 is 1.09 bits per heavy atom. The Kier molecular flexibility index (Phi) is 6.09. The van der Waals surface area contributed by atoms with Gasteiger partial charge < -0.3 is 30.8 Å². The van der Waals surface area contributed by atoms with E-state index >= 15 is 0 Å². The van der Waals surface area contributed by atoms with Crippen molar-refractivity contribution in [2.24, 2.45) is 0 Å². The van der Waals surface area contributed by atoms with Gasteiger partial charge in [-0.15, -0.1) is 0 Å². The van der Waals surface area contributed by atoms with E-state index in [4.69, 9.17) is 9.84 Å². The molecule has 0 spiro atoms. The third kappa shape index (κ3) is 4.49. The van der Waals surface area contributed by atoms with Gasteiger partial charge in [-0.05, 0) is 61.4 Å². The minimum absolute atomic E-state index is 0.0997. The van der Waals surface area contributed by atoms with E-state index in [0.717, 1.165) is 11.3 Å². The van der Waals surface area contributed by atoms with Gasteiger partial charge in [0.25, 0.3) is 5.91 Å². The summed E-state index contributed by atoms with van der Waals surface area (Å²) in [6.45, 7) is 3.63. The third-order valence-electron chi connectivity index (χ3n) is 5.68. The normalized spacial score (nSPS) is 13.4. The summed E-state index contributed by atoms with van der Waals surface area (Å²) in [5.41, 5.74) is 5.48. The van der Waals surface area contributed by atoms with Crippen molar-refractivity contribution in [3.05, 3.63) is 70.5 Å². The number of carboxylic acid groups (broad SMARTS) is 1. The topological polar surface area (TPSA) is 133 Å². The molecule has 3 amide bonds. The van der Waals surface area contributed by atoms with E-state index in [-0.39, 0.29) is 12.3 Å². The van der Waals surface area contributed by atoms with Crippen LogP contribution in [0.4, 0.5) is 21.9 Å². The molecule has 2 heterocycles. The number of hydrogen-bond donors (Lipinski definition) is 5. The van der Waals surface area contributed by atoms with Gasteiger partial charge in [0.15, 0.2) is 0 Å². The molecular formula is C25H24N4O5. The lowest BCUT2D eigenvalue weighted by atomic mass is 10.0. The van der Waals surface area contributed by atoms with Crippen molar-refractivity contribution in [1.29, 1.82) is 0 Å². The van der Waals surface area contributed by atoms with Crippen LogP contribution in [0, 0.1) is 13.8 Å². The molecular weight excluding hydrogens is 436 g/mol. The summed E-state index contributed by atoms with van der Waals surface area (Å²) < 4.78 is 5.11. The van der Waals surface area contributed by atoms with Crippen LogP contribution in [0.15, 0.2) is 42.5 Å². The third-order valence-corrected chi connectivity index (χ3v) is 5.68. The maximum Gasteiger partial charge on any atom is 0.323 e. The number of urea groups is 1. The van der Waals surface area contributed by atoms with Crippen LogP contribution in [0.5, 0.6) is 5.75 Å². The molecule has 3 aromatic rings. The average molecular weight is 460 g/mol. The number of aryl methyl sites for hydroxylation is 1. The van der Waals surface area contributed by atoms with E-state index in [0.29, 0.717) is 45.2 Å². The molecule has 0 aliphatic carbocycles. The molecule has 5 N–H and O–H groups in total. The summed E-state index contributed by atoms with van der Waals surface area (Å²) in [6, 6.07) is 11.7. The fourth-order valence-electron chi connectivity index (χ4n) is 3.94. The van der Waals surface area contributed by atoms with E-state index in [2.05, 4.69) is 20.9 Å². The molecule has 9 heteroatoms. The number of carbonyl (C=O) groups is 3. The Morgan fingerprint density at radius 2 is 1.82 bits per heavy atom. The molecule has 1 aromatic heterocycles. The van der Waals surface area contributed by atoms with Crippen molar-refractivity contribution in [3.63, 3.8) is 0 Å². The lowest BCUT2D eigenvalue weighted by Crippen LogP contribution is -2.20. The molecule has 9 nitrogen and oxygen atoms in total. The van der Waals surface area contributed by atoms with Crippen molar-refractivity contribution in [2.75, 3.05) is 23.1 Å². The molecule has 0 radical (unpaired) electrons. The lowest BCUT2D eigenvalue weighted by Gasteiger charge is -2.11. The average Bonchev–Trinajstić information content (AvgIpc) is 3.25. The zero-order valence-electron chi connectivity index (χ0n) is 18.9. The van der Waals surface area contributed by atoms with Gasteiger partial charge in [0.05, 0.1) is 30.5 Å². The predicted octanol–water partition coefficient (Wildman–Crippen LogP) is 4.40. The number of carboxylic acids is 1. The van der Waals surface area contributed by atoms with Crippen LogP contribution in [0.2, 0.25) is 0 Å². The van der Waals surface area contributed by atoms with E-state index in [9.17, 15) is 14.4 Å². The number of para-hydroxylation sites is 1. The minimum atomic E-state index is -0.919. The number of methoxy groups -OCH3 is 1. The summed E-state index contributed by atoms with van der Waals surface area (Å²) in [5, 5.41) is 17.5. The lowest BCUT2D eigenvalue weighted by molar-refractivity contribution is -0.136. The first-order valence-corrected chi connectivity index (χ1v) is 10.5. The van der Waals surface area contributed by atoms with Crippen LogP contribution < -0.4 is 20.7 Å². The smallest absolute Gasteiger partial charge is 0.323 e. The standard InChI is InChI=1S/C25H24N4O5/c1-13-18(12-22(30)31)14(2)26-21(13)11-19-17-5-4-6-20(23(17)29-24(19)32)28-25(33)27-15-7-9-16(34-3)10-8-15/h4-11,26H,12H2,1-3H3,(H,29,32)(H,30,31)(H2,27,28,33)/b19-11-. The first-order valence-electron chi connectivity index (χ1n) is 10.5. The number of rotatable bonds is 6. The number of benzene rings is 2. The van der Waals surface area contributed by atoms with Gasteiger partial charge in [0.2, 0.25) is 0 Å². The van der Waals surface area contributed by atoms with Gasteiger partial charge in [0, 0.05) is 22.6 Å². The molecule has 1 aliphatic heterocycles. The van der Waals surface area contributed by atoms with Gasteiger partial charge >= 0.3 is 12.0 Å². The second-order valence-electron chi connectivity index (χ2n) is 7.89. The number of ether oxygens (including phenoxy) is 1. The SMILES string of the molecule is COc1ccc(NC(=O)Nc2cccc3c2NC(=O)/C3=C\c2[nH]c(C)c(CC(=O)O)c2C)cc1. The summed E-state index contributed by atoms with van der Waals surface area (Å²) in [4.78, 5) is 39.7. The fourth-order valence-corrected chi connectivity index (χ4v) is 3.94. The maximum absolute atomic E-state index is 12.8. The number of hydrogen-bond acceptors (Lipinski definition) is 4. The number of fused-ring (bicyclic) bond motifs is 1. The monoisotopic (exact) mass is 460 g/mol. The molecule has 0 unspecified atom stereocenters. The summed E-state index contributed by atoms with van der Waals surface area (Å²) >= 11 is 0. The van der Waals surface area contributed by atoms with Crippen LogP contribution in [0.3, 0.4) is 0 Å². The highest BCUT2D eigenvalue weighted by Crippen LogP contribution is 2.39. The van der Waals surface area contributed by atoms with Crippen molar-refractivity contribution >= 4 is 46.6 Å². The quantitative estimate of drug-likeness (QED) is 0.348. The van der Waals surface area contributed by atoms with Crippen LogP contribution >= 0.6 is 0 Å². The second kappa shape index (κ2) is 9.14. The molecule has 1 aliphatic rings. The zero-order valence-corrected chi connectivity index (χ0v) is 18.9. The Labute approximate surface area is 195 Å². The Bertz CT molecular complexity index is 1320. The number of amides is 3. The molecule has 0 fully saturated rings. The number of aromatic nitrogens is 1. The first-order chi connectivity index (χ1) is 16.3. The highest BCUT2D eigenvalue weighted by molar-refractivity contribution is 6.36. The number of nitrogens with one attached hydrogen (secondary N) is 4. The molecule has 0 saturated heterocycles. The van der Waals surface area contributed by atoms with Crippen LogP contribution in [0.1, 0.15) is 28.1 Å². The van der Waals surface area contributed by atoms with E-state index in [1.807, 2.05) is 6.92 Å². The van der Waals surface area contributed by atoms with Crippen LogP contribution in [0.25, 0.3) is 11.6 Å². The predicted molar refractivity (Wildman–Crippen MR) is 130 cm³/mol. The molecule has 2 aromatic carbocycles. The first kappa shape index (κ1) is 22.7. The molecule has 34 heavy (non-hydrogen) atoms. The number of anilines is 3. The zero-order chi connectivity index (χ0) is 24.4. The Hall–Kier alpha value is -4.53. The van der Waals surface area contributed by atoms with Gasteiger partial charge in [-0.2, -0.15) is 0 Å². The highest BCUT2D eigenvalue weighted by atomic mass is 16.5. The Morgan fingerprint density at radius 3 is 2.50 bits per heavy atom. The van der Waals surface area contributed by atoms with Crippen molar-refractivity contribution in [1.82, 2.24) is 4.98 Å². The van der Waals surface area contributed by atoms with Crippen molar-refractivity contribution < 1.29 is 24.2 Å². The molecule has 4 rings (SSSR count). The highest BCUT2D eigenvalue weighted by Gasteiger charge is 2.27. The summed E-state index contributed by atoms with van der Waals surface area (Å²) in [7, 11) is 1.56. The molecule has 0 bridgehead atoms. The van der Waals surface area contributed by atoms with Crippen LogP contribution in [-0.2, 0) is 16.0 Å². The van der Waals surface area contributed by atoms with E-state index in [1.165, 1.54) is 0 Å². The van der Waals surface area contributed by atoms with E-state index in [1.54, 1.807) is 62.6 Å². The van der Waals surface area contributed by atoms with Gasteiger partial charge in [-0.3, -0.25) is 9.59 Å². The largest absolute Gasteiger partial charge is 0.497 e. The summed E-state index contributed by atoms with van der Waals surface area (Å²) in [5.74, 6) is -0.556.